The van der Waals surface area contributed by atoms with Gasteiger partial charge in [-0.3, -0.25) is 0 Å². The van der Waals surface area contributed by atoms with E-state index in [2.05, 4.69) is 0 Å². The zero-order valence-corrected chi connectivity index (χ0v) is 20.2. The number of anilines is 1. The summed E-state index contributed by atoms with van der Waals surface area (Å²) in [5, 5.41) is 12.5. The molecule has 9 heteroatoms. The van der Waals surface area contributed by atoms with E-state index >= 15 is 8.78 Å². The lowest BCUT2D eigenvalue weighted by Gasteiger charge is -2.40. The van der Waals surface area contributed by atoms with Crippen molar-refractivity contribution in [2.75, 3.05) is 30.9 Å². The number of carbonyl (C=O) groups excluding carboxylic acids is 1. The summed E-state index contributed by atoms with van der Waals surface area (Å²) >= 11 is 0. The summed E-state index contributed by atoms with van der Waals surface area (Å²) in [5.41, 5.74) is -4.05. The number of allylic oxidation sites excluding steroid dienone is 5. The number of hydrogen-bond acceptors (Lipinski definition) is 3. The minimum absolute atomic E-state index is 0.0805. The van der Waals surface area contributed by atoms with Gasteiger partial charge in [0.1, 0.15) is 26.6 Å². The van der Waals surface area contributed by atoms with Crippen molar-refractivity contribution in [3.05, 3.63) is 87.2 Å². The number of carboxylic acids is 1. The Kier molecular flexibility index (Phi) is 3.11. The SMILES string of the molecule is [2H]C1([2H])N(c2ccc3c(c2)[Si](C)(C)C2=CC(=[N+]4C([2H])([2H])C([2H])([2H])C4([2H])[2H])C=CC2=C3c2c(F)c(F)c(F)c(F)c2C(=O)[O-])C([2H])([2H])C1([2H])[2H]. The molecule has 2 aromatic carbocycles. The zero-order chi connectivity index (χ0) is 37.0. The highest BCUT2D eigenvalue weighted by Crippen LogP contribution is 2.44. The molecule has 0 radical (unpaired) electrons. The van der Waals surface area contributed by atoms with Crippen molar-refractivity contribution in [2.24, 2.45) is 0 Å². The fourth-order valence-electron chi connectivity index (χ4n) is 4.91. The Bertz CT molecular complexity index is 2020. The first-order chi connectivity index (χ1) is 22.1. The number of halogens is 4. The average Bonchev–Trinajstić information content (AvgIpc) is 2.98. The molecular weight excluding hydrogens is 500 g/mol. The van der Waals surface area contributed by atoms with Crippen LogP contribution in [0, 0.1) is 23.3 Å². The Balaban J connectivity index is 1.72. The van der Waals surface area contributed by atoms with Crippen LogP contribution in [-0.2, 0) is 0 Å². The topological polar surface area (TPSA) is 46.4 Å². The van der Waals surface area contributed by atoms with E-state index in [1.165, 1.54) is 24.3 Å². The van der Waals surface area contributed by atoms with Crippen molar-refractivity contribution in [1.29, 1.82) is 0 Å². The monoisotopic (exact) mass is 536 g/mol. The highest BCUT2D eigenvalue weighted by molar-refractivity contribution is 6.98. The second kappa shape index (κ2) is 8.27. The molecule has 2 aromatic rings. The maximum absolute atomic E-state index is 15.8. The van der Waals surface area contributed by atoms with Crippen LogP contribution in [0.2, 0.25) is 13.1 Å². The van der Waals surface area contributed by atoms with E-state index < -0.39 is 92.7 Å². The maximum atomic E-state index is 15.8. The van der Waals surface area contributed by atoms with Crippen molar-refractivity contribution in [3.63, 3.8) is 0 Å². The Morgan fingerprint density at radius 3 is 2.43 bits per heavy atom. The number of nitrogens with zero attached hydrogens (tertiary/aromatic N) is 2. The van der Waals surface area contributed by atoms with Crippen LogP contribution in [0.5, 0.6) is 0 Å². The molecule has 0 bridgehead atoms. The molecule has 0 atom stereocenters. The maximum Gasteiger partial charge on any atom is 0.199 e. The van der Waals surface area contributed by atoms with Gasteiger partial charge < -0.3 is 14.8 Å². The number of carboxylic acid groups (broad SMARTS) is 1. The second-order valence-electron chi connectivity index (χ2n) is 9.12. The summed E-state index contributed by atoms with van der Waals surface area (Å²) in [4.78, 5) is 12.7. The van der Waals surface area contributed by atoms with Gasteiger partial charge >= 0.3 is 0 Å². The molecule has 0 N–H and O–H groups in total. The van der Waals surface area contributed by atoms with Crippen LogP contribution in [-0.4, -0.2) is 50.3 Å². The molecular formula is C28H24F4N2O2Si. The number of fused-ring (bicyclic) bond motifs is 2. The van der Waals surface area contributed by atoms with Crippen LogP contribution < -0.4 is 15.2 Å². The largest absolute Gasteiger partial charge is 0.545 e. The first kappa shape index (κ1) is 13.9. The van der Waals surface area contributed by atoms with Crippen LogP contribution in [0.15, 0.2) is 47.2 Å². The number of aromatic carboxylic acids is 1. The lowest BCUT2D eigenvalue weighted by atomic mass is 9.86. The lowest BCUT2D eigenvalue weighted by molar-refractivity contribution is -0.582. The molecule has 0 unspecified atom stereocenters. The molecule has 37 heavy (non-hydrogen) atoms. The molecule has 3 heterocycles. The third-order valence-corrected chi connectivity index (χ3v) is 10.3. The van der Waals surface area contributed by atoms with Gasteiger partial charge in [-0.25, -0.2) is 22.1 Å². The van der Waals surface area contributed by atoms with Gasteiger partial charge in [0.2, 0.25) is 0 Å². The number of hydrogen-bond donors (Lipinski definition) is 0. The van der Waals surface area contributed by atoms with Gasteiger partial charge in [-0.15, -0.1) is 0 Å². The smallest absolute Gasteiger partial charge is 0.199 e. The molecule has 3 aliphatic heterocycles. The fraction of sp³-hybridized carbons (Fsp3) is 0.286. The van der Waals surface area contributed by atoms with Crippen molar-refractivity contribution in [2.45, 2.75) is 25.8 Å². The van der Waals surface area contributed by atoms with Gasteiger partial charge in [0, 0.05) is 52.9 Å². The highest BCUT2D eigenvalue weighted by Gasteiger charge is 2.43. The van der Waals surface area contributed by atoms with Crippen LogP contribution in [0.25, 0.3) is 5.57 Å². The lowest BCUT2D eigenvalue weighted by Crippen LogP contribution is -2.50. The molecule has 190 valence electrons. The van der Waals surface area contributed by atoms with Crippen molar-refractivity contribution in [3.8, 4) is 0 Å². The predicted molar refractivity (Wildman–Crippen MR) is 134 cm³/mol. The van der Waals surface area contributed by atoms with Crippen LogP contribution >= 0.6 is 0 Å². The Morgan fingerprint density at radius 1 is 1.03 bits per heavy atom. The molecule has 1 aliphatic carbocycles. The van der Waals surface area contributed by atoms with Gasteiger partial charge in [-0.05, 0) is 51.7 Å². The summed E-state index contributed by atoms with van der Waals surface area (Å²) in [5.74, 6) is -11.6. The second-order valence-corrected chi connectivity index (χ2v) is 13.4. The Labute approximate surface area is 229 Å². The summed E-state index contributed by atoms with van der Waals surface area (Å²) < 4.78 is 159. The number of rotatable bonds is 3. The average molecular weight is 537 g/mol. The van der Waals surface area contributed by atoms with E-state index in [1.807, 2.05) is 0 Å². The normalized spacial score (nSPS) is 32.7. The Morgan fingerprint density at radius 2 is 1.73 bits per heavy atom. The summed E-state index contributed by atoms with van der Waals surface area (Å²) in [6, 6.07) is 3.52. The molecule has 0 saturated carbocycles. The van der Waals surface area contributed by atoms with E-state index in [1.54, 1.807) is 13.1 Å². The van der Waals surface area contributed by atoms with Gasteiger partial charge in [0.05, 0.1) is 12.3 Å². The quantitative estimate of drug-likeness (QED) is 0.199. The first-order valence-electron chi connectivity index (χ1n) is 17.0. The molecule has 4 nitrogen and oxygen atoms in total. The first-order valence-corrected chi connectivity index (χ1v) is 14.0. The molecule has 6 rings (SSSR count). The van der Waals surface area contributed by atoms with Crippen LogP contribution in [0.1, 0.15) is 50.7 Å². The minimum atomic E-state index is -3.39. The third-order valence-electron chi connectivity index (χ3n) is 6.80. The van der Waals surface area contributed by atoms with E-state index in [4.69, 9.17) is 16.4 Å². The van der Waals surface area contributed by atoms with Crippen molar-refractivity contribution < 1.29 is 48.5 Å². The summed E-state index contributed by atoms with van der Waals surface area (Å²) in [6.45, 7) is -8.26. The molecule has 2 saturated heterocycles. The summed E-state index contributed by atoms with van der Waals surface area (Å²) in [6.07, 6.45) is -2.46. The Hall–Kier alpha value is -3.46. The molecule has 0 spiro atoms. The fourth-order valence-corrected chi connectivity index (χ4v) is 7.98. The van der Waals surface area contributed by atoms with E-state index in [0.717, 1.165) is 12.1 Å². The standard InChI is InChI=1S/C28H24F4N2O2Si/c1-37(2)19-13-15(33-9-3-10-33)5-7-17(19)21(18-8-6-16(14-20(18)37)34-11-4-12-34)22-23(28(35)36)25(30)27(32)26(31)24(22)29/h5-8,13-14H,3-4,9-12H2,1-2H3/i3D2,4D2,9D2,10D2,11D2,12D2. The van der Waals surface area contributed by atoms with Crippen molar-refractivity contribution in [1.82, 2.24) is 0 Å². The van der Waals surface area contributed by atoms with Crippen molar-refractivity contribution >= 4 is 36.2 Å². The highest BCUT2D eigenvalue weighted by atomic mass is 28.3. The van der Waals surface area contributed by atoms with E-state index in [0.29, 0.717) is 9.48 Å². The number of benzene rings is 2. The van der Waals surface area contributed by atoms with Crippen LogP contribution in [0.3, 0.4) is 0 Å². The molecule has 4 aliphatic rings. The van der Waals surface area contributed by atoms with E-state index in [9.17, 15) is 18.7 Å². The number of carbonyl (C=O) groups is 1. The minimum Gasteiger partial charge on any atom is -0.545 e. The third kappa shape index (κ3) is 3.39. The molecule has 0 amide bonds. The van der Waals surface area contributed by atoms with Gasteiger partial charge in [0.25, 0.3) is 0 Å². The van der Waals surface area contributed by atoms with Gasteiger partial charge in [-0.2, -0.15) is 0 Å². The molecule has 2 fully saturated rings. The molecule has 0 aromatic heterocycles. The van der Waals surface area contributed by atoms with Gasteiger partial charge in [0.15, 0.2) is 29.0 Å². The zero-order valence-electron chi connectivity index (χ0n) is 31.2. The van der Waals surface area contributed by atoms with Crippen LogP contribution in [0.4, 0.5) is 23.2 Å². The van der Waals surface area contributed by atoms with E-state index in [-0.39, 0.29) is 32.9 Å². The summed E-state index contributed by atoms with van der Waals surface area (Å²) in [7, 11) is -3.39. The van der Waals surface area contributed by atoms with Gasteiger partial charge in [-0.1, -0.05) is 19.2 Å². The predicted octanol–water partition coefficient (Wildman–Crippen LogP) is 3.44.